The van der Waals surface area contributed by atoms with Crippen molar-refractivity contribution in [3.63, 3.8) is 0 Å². The monoisotopic (exact) mass is 426 g/mol. The molecule has 4 nitrogen and oxygen atoms in total. The summed E-state index contributed by atoms with van der Waals surface area (Å²) in [6.45, 7) is 4.27. The number of benzene rings is 2. The number of anilines is 1. The summed E-state index contributed by atoms with van der Waals surface area (Å²) >= 11 is 0. The number of hydrogen-bond donors (Lipinski definition) is 0. The standard InChI is InChI=1S/C27H27FN4/c28-23-5-1-2-6-24(23)31-17-15-30(16-18-31)19-25-27(29-26-7-3-4-14-32(25)26)22-12-10-21(11-13-22)20-8-9-20/h1-7,10-14,20H,8-9,15-19H2. The van der Waals surface area contributed by atoms with Crippen molar-refractivity contribution in [1.29, 1.82) is 0 Å². The van der Waals surface area contributed by atoms with E-state index in [0.717, 1.165) is 50.0 Å². The number of piperazine rings is 1. The predicted octanol–water partition coefficient (Wildman–Crippen LogP) is 5.34. The molecule has 0 amide bonds. The molecule has 1 aliphatic carbocycles. The minimum atomic E-state index is -0.139. The molecule has 2 aromatic carbocycles. The van der Waals surface area contributed by atoms with E-state index in [4.69, 9.17) is 4.98 Å². The number of nitrogens with zero attached hydrogens (tertiary/aromatic N) is 4. The molecular formula is C27H27FN4. The van der Waals surface area contributed by atoms with Crippen LogP contribution in [0.5, 0.6) is 0 Å². The van der Waals surface area contributed by atoms with E-state index in [2.05, 4.69) is 56.8 Å². The second-order valence-corrected chi connectivity index (χ2v) is 8.95. The Balaban J connectivity index is 1.25. The minimum Gasteiger partial charge on any atom is -0.367 e. The molecule has 0 unspecified atom stereocenters. The molecule has 1 saturated heterocycles. The Labute approximate surface area is 187 Å². The molecule has 0 atom stereocenters. The topological polar surface area (TPSA) is 23.8 Å². The minimum absolute atomic E-state index is 0.139. The Morgan fingerprint density at radius 2 is 1.59 bits per heavy atom. The molecule has 6 rings (SSSR count). The van der Waals surface area contributed by atoms with E-state index in [0.29, 0.717) is 5.69 Å². The van der Waals surface area contributed by atoms with Crippen molar-refractivity contribution < 1.29 is 4.39 Å². The van der Waals surface area contributed by atoms with E-state index in [9.17, 15) is 4.39 Å². The number of rotatable bonds is 5. The maximum Gasteiger partial charge on any atom is 0.146 e. The third-order valence-electron chi connectivity index (χ3n) is 6.80. The van der Waals surface area contributed by atoms with Gasteiger partial charge in [-0.15, -0.1) is 0 Å². The van der Waals surface area contributed by atoms with Crippen LogP contribution in [0.25, 0.3) is 16.9 Å². The Kier molecular flexibility index (Phi) is 4.91. The lowest BCUT2D eigenvalue weighted by Crippen LogP contribution is -2.46. The molecule has 5 heteroatoms. The molecule has 1 aliphatic heterocycles. The van der Waals surface area contributed by atoms with Crippen LogP contribution < -0.4 is 4.90 Å². The molecule has 0 bridgehead atoms. The molecule has 0 radical (unpaired) electrons. The van der Waals surface area contributed by atoms with Crippen molar-refractivity contribution in [3.05, 3.63) is 90.0 Å². The summed E-state index contributed by atoms with van der Waals surface area (Å²) in [5.41, 5.74) is 6.60. The summed E-state index contributed by atoms with van der Waals surface area (Å²) in [6, 6.07) is 22.3. The van der Waals surface area contributed by atoms with Gasteiger partial charge in [-0.1, -0.05) is 42.5 Å². The number of para-hydroxylation sites is 1. The highest BCUT2D eigenvalue weighted by Gasteiger charge is 2.25. The smallest absolute Gasteiger partial charge is 0.146 e. The second kappa shape index (κ2) is 8.06. The van der Waals surface area contributed by atoms with Crippen LogP contribution in [0.2, 0.25) is 0 Å². The zero-order chi connectivity index (χ0) is 21.5. The number of fused-ring (bicyclic) bond motifs is 1. The first-order chi connectivity index (χ1) is 15.8. The summed E-state index contributed by atoms with van der Waals surface area (Å²) in [5.74, 6) is 0.620. The van der Waals surface area contributed by atoms with Crippen LogP contribution >= 0.6 is 0 Å². The molecule has 162 valence electrons. The van der Waals surface area contributed by atoms with Crippen molar-refractivity contribution in [3.8, 4) is 11.3 Å². The first kappa shape index (κ1) is 19.5. The highest BCUT2D eigenvalue weighted by molar-refractivity contribution is 5.67. The SMILES string of the molecule is Fc1ccccc1N1CCN(Cc2c(-c3ccc(C4CC4)cc3)nc3ccccn23)CC1. The fourth-order valence-corrected chi connectivity index (χ4v) is 4.83. The third kappa shape index (κ3) is 3.67. The molecule has 2 aliphatic rings. The van der Waals surface area contributed by atoms with Crippen LogP contribution in [-0.2, 0) is 6.54 Å². The lowest BCUT2D eigenvalue weighted by molar-refractivity contribution is 0.246. The first-order valence-electron chi connectivity index (χ1n) is 11.5. The van der Waals surface area contributed by atoms with Crippen molar-refractivity contribution in [2.75, 3.05) is 31.1 Å². The van der Waals surface area contributed by atoms with Crippen LogP contribution in [0.15, 0.2) is 72.9 Å². The van der Waals surface area contributed by atoms with E-state index in [1.54, 1.807) is 12.1 Å². The fraction of sp³-hybridized carbons (Fsp3) is 0.296. The van der Waals surface area contributed by atoms with Gasteiger partial charge in [0.05, 0.1) is 17.1 Å². The van der Waals surface area contributed by atoms with Gasteiger partial charge in [-0.25, -0.2) is 9.37 Å². The van der Waals surface area contributed by atoms with E-state index in [1.165, 1.54) is 29.7 Å². The fourth-order valence-electron chi connectivity index (χ4n) is 4.83. The molecule has 4 aromatic rings. The number of imidazole rings is 1. The second-order valence-electron chi connectivity index (χ2n) is 8.95. The van der Waals surface area contributed by atoms with Gasteiger partial charge in [-0.3, -0.25) is 4.90 Å². The highest BCUT2D eigenvalue weighted by Crippen LogP contribution is 2.40. The number of halogens is 1. The van der Waals surface area contributed by atoms with Crippen LogP contribution in [0.1, 0.15) is 30.0 Å². The van der Waals surface area contributed by atoms with E-state index < -0.39 is 0 Å². The molecule has 0 N–H and O–H groups in total. The van der Waals surface area contributed by atoms with Gasteiger partial charge in [0.15, 0.2) is 0 Å². The average Bonchev–Trinajstić information content (AvgIpc) is 3.63. The van der Waals surface area contributed by atoms with Gasteiger partial charge in [0.25, 0.3) is 0 Å². The Morgan fingerprint density at radius 1 is 0.844 bits per heavy atom. The molecular weight excluding hydrogens is 399 g/mol. The average molecular weight is 427 g/mol. The van der Waals surface area contributed by atoms with Crippen molar-refractivity contribution in [1.82, 2.24) is 14.3 Å². The number of pyridine rings is 1. The largest absolute Gasteiger partial charge is 0.367 e. The van der Waals surface area contributed by atoms with Crippen molar-refractivity contribution in [2.45, 2.75) is 25.3 Å². The van der Waals surface area contributed by atoms with Crippen molar-refractivity contribution in [2.24, 2.45) is 0 Å². The maximum absolute atomic E-state index is 14.2. The first-order valence-corrected chi connectivity index (χ1v) is 11.5. The Morgan fingerprint density at radius 3 is 2.34 bits per heavy atom. The van der Waals surface area contributed by atoms with Gasteiger partial charge in [0.2, 0.25) is 0 Å². The summed E-state index contributed by atoms with van der Waals surface area (Å²) in [5, 5.41) is 0. The van der Waals surface area contributed by atoms with E-state index in [1.807, 2.05) is 18.2 Å². The van der Waals surface area contributed by atoms with E-state index >= 15 is 0 Å². The molecule has 3 heterocycles. The van der Waals surface area contributed by atoms with Crippen LogP contribution in [-0.4, -0.2) is 40.5 Å². The summed E-state index contributed by atoms with van der Waals surface area (Å²) in [6.07, 6.45) is 4.74. The van der Waals surface area contributed by atoms with Crippen LogP contribution in [0, 0.1) is 5.82 Å². The van der Waals surface area contributed by atoms with Crippen LogP contribution in [0.4, 0.5) is 10.1 Å². The zero-order valence-corrected chi connectivity index (χ0v) is 18.1. The molecule has 2 fully saturated rings. The number of aromatic nitrogens is 2. The molecule has 0 spiro atoms. The summed E-state index contributed by atoms with van der Waals surface area (Å²) < 4.78 is 16.4. The lowest BCUT2D eigenvalue weighted by Gasteiger charge is -2.36. The normalized spacial score (nSPS) is 17.2. The van der Waals surface area contributed by atoms with Gasteiger partial charge in [0.1, 0.15) is 11.5 Å². The Hall–Kier alpha value is -3.18. The third-order valence-corrected chi connectivity index (χ3v) is 6.80. The zero-order valence-electron chi connectivity index (χ0n) is 18.1. The lowest BCUT2D eigenvalue weighted by atomic mass is 10.0. The predicted molar refractivity (Wildman–Crippen MR) is 126 cm³/mol. The molecule has 1 saturated carbocycles. The van der Waals surface area contributed by atoms with Gasteiger partial charge in [-0.05, 0) is 48.6 Å². The van der Waals surface area contributed by atoms with Crippen LogP contribution in [0.3, 0.4) is 0 Å². The van der Waals surface area contributed by atoms with Gasteiger partial charge < -0.3 is 9.30 Å². The quantitative estimate of drug-likeness (QED) is 0.430. The Bertz CT molecular complexity index is 1230. The van der Waals surface area contributed by atoms with Gasteiger partial charge in [0, 0.05) is 44.5 Å². The number of hydrogen-bond acceptors (Lipinski definition) is 3. The maximum atomic E-state index is 14.2. The molecule has 32 heavy (non-hydrogen) atoms. The molecule has 2 aromatic heterocycles. The van der Waals surface area contributed by atoms with Gasteiger partial charge >= 0.3 is 0 Å². The van der Waals surface area contributed by atoms with E-state index in [-0.39, 0.29) is 5.82 Å². The highest BCUT2D eigenvalue weighted by atomic mass is 19.1. The summed E-state index contributed by atoms with van der Waals surface area (Å²) in [4.78, 5) is 9.59. The van der Waals surface area contributed by atoms with Gasteiger partial charge in [-0.2, -0.15) is 0 Å². The summed E-state index contributed by atoms with van der Waals surface area (Å²) in [7, 11) is 0. The van der Waals surface area contributed by atoms with Crippen molar-refractivity contribution >= 4 is 11.3 Å².